The molecule has 218 valence electrons. The topological polar surface area (TPSA) is 72.5 Å². The smallest absolute Gasteiger partial charge is 0.261 e. The van der Waals surface area contributed by atoms with Gasteiger partial charge in [0.1, 0.15) is 28.8 Å². The summed E-state index contributed by atoms with van der Waals surface area (Å²) in [6, 6.07) is 5.89. The molecule has 3 fully saturated rings. The Morgan fingerprint density at radius 1 is 1.15 bits per heavy atom. The average molecular weight is 586 g/mol. The van der Waals surface area contributed by atoms with Crippen molar-refractivity contribution < 1.29 is 22.8 Å². The minimum atomic E-state index is -2.11. The van der Waals surface area contributed by atoms with Crippen molar-refractivity contribution in [2.75, 3.05) is 70.8 Å². The van der Waals surface area contributed by atoms with Gasteiger partial charge in [-0.25, -0.2) is 9.37 Å². The van der Waals surface area contributed by atoms with E-state index in [1.54, 1.807) is 28.0 Å². The van der Waals surface area contributed by atoms with Crippen LogP contribution in [0.3, 0.4) is 0 Å². The lowest BCUT2D eigenvalue weighted by Crippen LogP contribution is -2.57. The first-order valence-electron chi connectivity index (χ1n) is 15.6. The van der Waals surface area contributed by atoms with Crippen molar-refractivity contribution in [2.45, 2.75) is 31.5 Å². The molecule has 0 unspecified atom stereocenters. The number of ether oxygens (including phenoxy) is 1. The van der Waals surface area contributed by atoms with Gasteiger partial charge in [-0.15, -0.1) is 0 Å². The van der Waals surface area contributed by atoms with Gasteiger partial charge in [0.2, 0.25) is 5.91 Å². The predicted molar refractivity (Wildman–Crippen MR) is 156 cm³/mol. The first-order valence-corrected chi connectivity index (χ1v) is 14.4. The zero-order valence-electron chi connectivity index (χ0n) is 26.1. The van der Waals surface area contributed by atoms with Crippen molar-refractivity contribution in [3.05, 3.63) is 53.3 Å². The second-order valence-electron chi connectivity index (χ2n) is 11.1. The minimum absolute atomic E-state index is 0.0270. The van der Waals surface area contributed by atoms with Gasteiger partial charge in [-0.1, -0.05) is 30.3 Å². The van der Waals surface area contributed by atoms with Crippen LogP contribution in [-0.2, 0) is 4.79 Å². The van der Waals surface area contributed by atoms with Crippen LogP contribution < -0.4 is 9.64 Å². The first-order chi connectivity index (χ1) is 21.0. The highest BCUT2D eigenvalue weighted by Crippen LogP contribution is 2.45. The van der Waals surface area contributed by atoms with Crippen molar-refractivity contribution in [1.29, 1.82) is 0 Å². The predicted octanol–water partition coefficient (Wildman–Crippen LogP) is 2.99. The number of carbonyl (C=O) groups excluding carboxylic acids is 2. The fourth-order valence-corrected chi connectivity index (χ4v) is 6.76. The normalized spacial score (nSPS) is 26.8. The van der Waals surface area contributed by atoms with Crippen LogP contribution in [0.5, 0.6) is 5.75 Å². The summed E-state index contributed by atoms with van der Waals surface area (Å²) >= 11 is 6.91. The Labute approximate surface area is 249 Å². The highest BCUT2D eigenvalue weighted by Gasteiger charge is 2.43. The lowest BCUT2D eigenvalue weighted by Gasteiger charge is -2.39. The van der Waals surface area contributed by atoms with Crippen molar-refractivity contribution >= 4 is 29.2 Å². The minimum Gasteiger partial charge on any atom is -0.489 e. The molecule has 0 bridgehead atoms. The van der Waals surface area contributed by atoms with Gasteiger partial charge in [0, 0.05) is 74.1 Å². The number of rotatable bonds is 4. The average Bonchev–Trinajstić information content (AvgIpc) is 3.33. The monoisotopic (exact) mass is 585 g/mol. The first kappa shape index (κ1) is 24.4. The van der Waals surface area contributed by atoms with Crippen molar-refractivity contribution in [3.63, 3.8) is 0 Å². The number of anilines is 1. The maximum Gasteiger partial charge on any atom is 0.261 e. The van der Waals surface area contributed by atoms with Gasteiger partial charge >= 0.3 is 0 Å². The van der Waals surface area contributed by atoms with E-state index in [2.05, 4.69) is 23.3 Å². The van der Waals surface area contributed by atoms with Crippen LogP contribution >= 0.6 is 11.6 Å². The standard InChI is InChI=1S/C30H36ClFN6O3/c1-4-24(39)36-13-14-37-21(16-36)18-41-28-25(30(37)40)29(33-27(26(28)31)22-7-5-6-8-23(22)32)38-17-20(15-19(38)2)35-11-9-34(3)10-12-35/h4-8,19-21H,1,9-18H2,2-3H3/t19-,20-,21+/m0/s1/i3D3. The summed E-state index contributed by atoms with van der Waals surface area (Å²) in [7, 11) is 0. The third kappa shape index (κ3) is 5.06. The summed E-state index contributed by atoms with van der Waals surface area (Å²) in [5.74, 6) is -0.451. The number of hydrogen-bond acceptors (Lipinski definition) is 7. The summed E-state index contributed by atoms with van der Waals surface area (Å²) in [5, 5.41) is 0.0604. The molecule has 5 heterocycles. The molecule has 3 atom stereocenters. The summed E-state index contributed by atoms with van der Waals surface area (Å²) in [4.78, 5) is 40.9. The third-order valence-electron chi connectivity index (χ3n) is 8.72. The summed E-state index contributed by atoms with van der Waals surface area (Å²) < 4.78 is 44.7. The van der Waals surface area contributed by atoms with Gasteiger partial charge in [0.05, 0.1) is 11.7 Å². The number of nitrogens with zero attached hydrogens (tertiary/aromatic N) is 6. The number of aromatic nitrogens is 1. The second-order valence-corrected chi connectivity index (χ2v) is 11.5. The lowest BCUT2D eigenvalue weighted by molar-refractivity contribution is -0.128. The molecular formula is C30H36ClFN6O3. The van der Waals surface area contributed by atoms with Crippen LogP contribution in [0.25, 0.3) is 11.3 Å². The summed E-state index contributed by atoms with van der Waals surface area (Å²) in [6.45, 7) is 7.27. The molecule has 4 aliphatic heterocycles. The number of piperazine rings is 2. The second kappa shape index (κ2) is 11.2. The Balaban J connectivity index is 1.37. The quantitative estimate of drug-likeness (QED) is 0.511. The Hall–Kier alpha value is -3.21. The molecule has 1 aromatic heterocycles. The van der Waals surface area contributed by atoms with Gasteiger partial charge in [-0.05, 0) is 38.5 Å². The van der Waals surface area contributed by atoms with E-state index in [-0.39, 0.29) is 64.6 Å². The van der Waals surface area contributed by atoms with Crippen molar-refractivity contribution in [2.24, 2.45) is 0 Å². The van der Waals surface area contributed by atoms with E-state index < -0.39 is 18.8 Å². The molecule has 1 aromatic carbocycles. The van der Waals surface area contributed by atoms with Crippen LogP contribution in [0.4, 0.5) is 10.2 Å². The molecule has 41 heavy (non-hydrogen) atoms. The zero-order chi connectivity index (χ0) is 31.3. The Kier molecular flexibility index (Phi) is 6.68. The highest BCUT2D eigenvalue weighted by atomic mass is 35.5. The SMILES string of the molecule is [2H]C([2H])([2H])N1CCN([C@H]2C[C@H](C)N(c3nc(-c4ccccc4F)c(Cl)c4c3C(=O)N3CCN(C(=O)C=C)C[C@@H]3CO4)C2)CC1. The van der Waals surface area contributed by atoms with Crippen molar-refractivity contribution in [3.8, 4) is 17.0 Å². The van der Waals surface area contributed by atoms with E-state index in [1.807, 2.05) is 0 Å². The van der Waals surface area contributed by atoms with Crippen LogP contribution in [-0.4, -0.2) is 120 Å². The Morgan fingerprint density at radius 2 is 1.93 bits per heavy atom. The van der Waals surface area contributed by atoms with Crippen LogP contribution in [0.1, 0.15) is 27.8 Å². The van der Waals surface area contributed by atoms with E-state index in [1.165, 1.54) is 17.0 Å². The fourth-order valence-electron chi connectivity index (χ4n) is 6.46. The molecule has 3 saturated heterocycles. The van der Waals surface area contributed by atoms with E-state index in [0.29, 0.717) is 51.6 Å². The largest absolute Gasteiger partial charge is 0.489 e. The van der Waals surface area contributed by atoms with Gasteiger partial charge in [0.25, 0.3) is 5.91 Å². The lowest BCUT2D eigenvalue weighted by atomic mass is 10.1. The number of likely N-dealkylation sites (N-methyl/N-ethyl adjacent to an activating group) is 1. The number of fused-ring (bicyclic) bond motifs is 2. The number of benzene rings is 1. The van der Waals surface area contributed by atoms with Crippen LogP contribution in [0.15, 0.2) is 36.9 Å². The number of carbonyl (C=O) groups is 2. The third-order valence-corrected chi connectivity index (χ3v) is 9.07. The molecule has 0 N–H and O–H groups in total. The van der Waals surface area contributed by atoms with E-state index in [4.69, 9.17) is 25.4 Å². The molecule has 4 aliphatic rings. The van der Waals surface area contributed by atoms with E-state index in [9.17, 15) is 9.59 Å². The molecule has 0 spiro atoms. The maximum atomic E-state index is 15.1. The molecule has 6 rings (SSSR count). The highest BCUT2D eigenvalue weighted by molar-refractivity contribution is 6.35. The number of pyridine rings is 1. The fraction of sp³-hybridized carbons (Fsp3) is 0.500. The van der Waals surface area contributed by atoms with Gasteiger partial charge in [-0.3, -0.25) is 14.5 Å². The molecule has 2 amide bonds. The zero-order valence-corrected chi connectivity index (χ0v) is 23.8. The van der Waals surface area contributed by atoms with Gasteiger partial charge < -0.3 is 24.3 Å². The van der Waals surface area contributed by atoms with Crippen LogP contribution in [0.2, 0.25) is 5.02 Å². The van der Waals surface area contributed by atoms with E-state index in [0.717, 1.165) is 6.42 Å². The Morgan fingerprint density at radius 3 is 2.66 bits per heavy atom. The van der Waals surface area contributed by atoms with Gasteiger partial charge in [0.15, 0.2) is 5.75 Å². The molecule has 2 aromatic rings. The molecule has 0 saturated carbocycles. The maximum absolute atomic E-state index is 15.1. The molecular weight excluding hydrogens is 547 g/mol. The van der Waals surface area contributed by atoms with Crippen LogP contribution in [0, 0.1) is 5.82 Å². The Bertz CT molecular complexity index is 1470. The molecule has 0 radical (unpaired) electrons. The van der Waals surface area contributed by atoms with Gasteiger partial charge in [-0.2, -0.15) is 0 Å². The molecule has 11 heteroatoms. The van der Waals surface area contributed by atoms with Crippen molar-refractivity contribution in [1.82, 2.24) is 24.6 Å². The van der Waals surface area contributed by atoms with E-state index >= 15 is 4.39 Å². The number of amides is 2. The summed E-state index contributed by atoms with van der Waals surface area (Å²) in [5.41, 5.74) is 0.629. The number of halogens is 2. The summed E-state index contributed by atoms with van der Waals surface area (Å²) in [6.07, 6.45) is 2.04. The molecule has 0 aliphatic carbocycles. The number of hydrogen-bond donors (Lipinski definition) is 0. The molecule has 9 nitrogen and oxygen atoms in total.